The summed E-state index contributed by atoms with van der Waals surface area (Å²) >= 11 is 5.89. The lowest BCUT2D eigenvalue weighted by Gasteiger charge is -2.22. The van der Waals surface area contributed by atoms with Gasteiger partial charge in [-0.3, -0.25) is 0 Å². The topological polar surface area (TPSA) is 74.2 Å². The number of aromatic nitrogens is 3. The third-order valence-corrected chi connectivity index (χ3v) is 3.46. The van der Waals surface area contributed by atoms with Crippen molar-refractivity contribution in [3.63, 3.8) is 0 Å². The Kier molecular flexibility index (Phi) is 4.76. The molecule has 0 bridgehead atoms. The smallest absolute Gasteiger partial charge is 0.230 e. The summed E-state index contributed by atoms with van der Waals surface area (Å²) in [6, 6.07) is -0.0176. The summed E-state index contributed by atoms with van der Waals surface area (Å²) in [5.74, 6) is 0.931. The maximum atomic E-state index is 10.1. The van der Waals surface area contributed by atoms with Crippen LogP contribution in [0.4, 0.5) is 11.9 Å². The van der Waals surface area contributed by atoms with Crippen LogP contribution in [0.2, 0.25) is 5.28 Å². The number of hydrogen-bond acceptors (Lipinski definition) is 6. The standard InChI is InChI=1S/C12H20ClN5O/c1-18(2)12-16-10(13)15-11(17-12)14-8-6-4-3-5-7-9(8)19/h8-9,19H,3-7H2,1-2H3,(H,14,15,16,17). The zero-order valence-electron chi connectivity index (χ0n) is 11.3. The molecule has 2 rings (SSSR count). The molecule has 2 unspecified atom stereocenters. The molecule has 2 N–H and O–H groups in total. The number of rotatable bonds is 3. The molecule has 0 saturated heterocycles. The number of nitrogens with one attached hydrogen (secondary N) is 1. The summed E-state index contributed by atoms with van der Waals surface area (Å²) in [7, 11) is 3.69. The number of nitrogens with zero attached hydrogens (tertiary/aromatic N) is 4. The Morgan fingerprint density at radius 3 is 2.63 bits per heavy atom. The molecule has 0 aromatic carbocycles. The van der Waals surface area contributed by atoms with Crippen LogP contribution in [0.1, 0.15) is 32.1 Å². The first kappa shape index (κ1) is 14.3. The first-order chi connectivity index (χ1) is 9.06. The van der Waals surface area contributed by atoms with Gasteiger partial charge in [-0.15, -0.1) is 0 Å². The van der Waals surface area contributed by atoms with Crippen LogP contribution in [-0.4, -0.2) is 46.3 Å². The second-order valence-corrected chi connectivity index (χ2v) is 5.42. The van der Waals surface area contributed by atoms with Gasteiger partial charge in [0.2, 0.25) is 17.2 Å². The van der Waals surface area contributed by atoms with Gasteiger partial charge in [-0.25, -0.2) is 0 Å². The maximum absolute atomic E-state index is 10.1. The van der Waals surface area contributed by atoms with Crippen molar-refractivity contribution in [3.8, 4) is 0 Å². The highest BCUT2D eigenvalue weighted by molar-refractivity contribution is 6.28. The molecule has 1 aliphatic rings. The minimum atomic E-state index is -0.360. The lowest BCUT2D eigenvalue weighted by atomic mass is 10.1. The fraction of sp³-hybridized carbons (Fsp3) is 0.750. The quantitative estimate of drug-likeness (QED) is 0.824. The zero-order chi connectivity index (χ0) is 13.8. The van der Waals surface area contributed by atoms with Gasteiger partial charge in [-0.1, -0.05) is 19.3 Å². The molecule has 1 heterocycles. The van der Waals surface area contributed by atoms with Crippen molar-refractivity contribution >= 4 is 23.5 Å². The molecule has 0 aliphatic heterocycles. The van der Waals surface area contributed by atoms with Crippen molar-refractivity contribution in [1.29, 1.82) is 0 Å². The molecule has 1 saturated carbocycles. The molecule has 0 radical (unpaired) electrons. The van der Waals surface area contributed by atoms with Gasteiger partial charge in [0.15, 0.2) is 0 Å². The van der Waals surface area contributed by atoms with E-state index in [1.54, 1.807) is 4.90 Å². The summed E-state index contributed by atoms with van der Waals surface area (Å²) < 4.78 is 0. The second-order valence-electron chi connectivity index (χ2n) is 5.08. The summed E-state index contributed by atoms with van der Waals surface area (Å²) in [6.07, 6.45) is 4.71. The van der Waals surface area contributed by atoms with Gasteiger partial charge in [0.25, 0.3) is 0 Å². The summed E-state index contributed by atoms with van der Waals surface area (Å²) in [6.45, 7) is 0. The van der Waals surface area contributed by atoms with E-state index >= 15 is 0 Å². The molecule has 0 amide bonds. The molecule has 6 nitrogen and oxygen atoms in total. The molecule has 1 aliphatic carbocycles. The fourth-order valence-corrected chi connectivity index (χ4v) is 2.38. The molecule has 1 aromatic rings. The number of aliphatic hydroxyl groups is 1. The largest absolute Gasteiger partial charge is 0.391 e. The molecular weight excluding hydrogens is 266 g/mol. The summed E-state index contributed by atoms with van der Waals surface area (Å²) in [5.41, 5.74) is 0. The van der Waals surface area contributed by atoms with Gasteiger partial charge < -0.3 is 15.3 Å². The summed E-state index contributed by atoms with van der Waals surface area (Å²) in [5, 5.41) is 13.4. The van der Waals surface area contributed by atoms with Crippen LogP contribution in [0.3, 0.4) is 0 Å². The van der Waals surface area contributed by atoms with E-state index < -0.39 is 0 Å². The van der Waals surface area contributed by atoms with Crippen LogP contribution < -0.4 is 10.2 Å². The van der Waals surface area contributed by atoms with Crippen LogP contribution >= 0.6 is 11.6 Å². The Bertz CT molecular complexity index is 429. The average Bonchev–Trinajstić information content (AvgIpc) is 2.54. The molecular formula is C12H20ClN5O. The highest BCUT2D eigenvalue weighted by Gasteiger charge is 2.22. The summed E-state index contributed by atoms with van der Waals surface area (Å²) in [4.78, 5) is 14.2. The van der Waals surface area contributed by atoms with Gasteiger partial charge in [0.1, 0.15) is 0 Å². The maximum Gasteiger partial charge on any atom is 0.230 e. The molecule has 2 atom stereocenters. The van der Waals surface area contributed by atoms with E-state index in [2.05, 4.69) is 20.3 Å². The molecule has 106 valence electrons. The average molecular weight is 286 g/mol. The zero-order valence-corrected chi connectivity index (χ0v) is 12.1. The number of aliphatic hydroxyl groups excluding tert-OH is 1. The van der Waals surface area contributed by atoms with E-state index in [0.717, 1.165) is 32.1 Å². The predicted molar refractivity (Wildman–Crippen MR) is 75.7 cm³/mol. The molecule has 7 heteroatoms. The van der Waals surface area contributed by atoms with Crippen molar-refractivity contribution in [1.82, 2.24) is 15.0 Å². The Morgan fingerprint density at radius 1 is 1.16 bits per heavy atom. The van der Waals surface area contributed by atoms with Gasteiger partial charge >= 0.3 is 0 Å². The molecule has 1 aromatic heterocycles. The van der Waals surface area contributed by atoms with Crippen LogP contribution in [0.15, 0.2) is 0 Å². The van der Waals surface area contributed by atoms with E-state index in [4.69, 9.17) is 11.6 Å². The third kappa shape index (κ3) is 3.91. The second kappa shape index (κ2) is 6.34. The third-order valence-electron chi connectivity index (χ3n) is 3.29. The van der Waals surface area contributed by atoms with Crippen molar-refractivity contribution in [2.45, 2.75) is 44.2 Å². The van der Waals surface area contributed by atoms with Crippen molar-refractivity contribution in [3.05, 3.63) is 5.28 Å². The SMILES string of the molecule is CN(C)c1nc(Cl)nc(NC2CCCCCC2O)n1. The minimum Gasteiger partial charge on any atom is -0.391 e. The first-order valence-corrected chi connectivity index (χ1v) is 6.97. The number of halogens is 1. The van der Waals surface area contributed by atoms with Gasteiger partial charge in [0.05, 0.1) is 12.1 Å². The molecule has 0 spiro atoms. The van der Waals surface area contributed by atoms with Crippen molar-refractivity contribution in [2.24, 2.45) is 0 Å². The van der Waals surface area contributed by atoms with Crippen LogP contribution in [0, 0.1) is 0 Å². The highest BCUT2D eigenvalue weighted by atomic mass is 35.5. The lowest BCUT2D eigenvalue weighted by molar-refractivity contribution is 0.144. The highest BCUT2D eigenvalue weighted by Crippen LogP contribution is 2.21. The number of hydrogen-bond donors (Lipinski definition) is 2. The number of anilines is 2. The van der Waals surface area contributed by atoms with Crippen molar-refractivity contribution < 1.29 is 5.11 Å². The van der Waals surface area contributed by atoms with Crippen LogP contribution in [-0.2, 0) is 0 Å². The Hall–Kier alpha value is -1.14. The van der Waals surface area contributed by atoms with E-state index in [1.807, 2.05) is 14.1 Å². The van der Waals surface area contributed by atoms with Crippen molar-refractivity contribution in [2.75, 3.05) is 24.3 Å². The van der Waals surface area contributed by atoms with Gasteiger partial charge in [-0.05, 0) is 24.4 Å². The van der Waals surface area contributed by atoms with Crippen LogP contribution in [0.5, 0.6) is 0 Å². The van der Waals surface area contributed by atoms with E-state index in [-0.39, 0.29) is 17.4 Å². The van der Waals surface area contributed by atoms with E-state index in [0.29, 0.717) is 11.9 Å². The monoisotopic (exact) mass is 285 g/mol. The first-order valence-electron chi connectivity index (χ1n) is 6.60. The van der Waals surface area contributed by atoms with Crippen LogP contribution in [0.25, 0.3) is 0 Å². The van der Waals surface area contributed by atoms with Gasteiger partial charge in [0, 0.05) is 14.1 Å². The Balaban J connectivity index is 2.13. The lowest BCUT2D eigenvalue weighted by Crippen LogP contribution is -2.33. The van der Waals surface area contributed by atoms with E-state index in [1.165, 1.54) is 0 Å². The molecule has 1 fully saturated rings. The Morgan fingerprint density at radius 2 is 1.89 bits per heavy atom. The van der Waals surface area contributed by atoms with E-state index in [9.17, 15) is 5.11 Å². The predicted octanol–water partition coefficient (Wildman–Crippen LogP) is 1.70. The normalized spacial score (nSPS) is 23.8. The Labute approximate surface area is 118 Å². The van der Waals surface area contributed by atoms with Gasteiger partial charge in [-0.2, -0.15) is 15.0 Å². The molecule has 19 heavy (non-hydrogen) atoms. The fourth-order valence-electron chi connectivity index (χ4n) is 2.23. The minimum absolute atomic E-state index is 0.0176.